The molecule has 0 amide bonds. The van der Waals surface area contributed by atoms with E-state index in [1.807, 2.05) is 0 Å². The normalized spacial score (nSPS) is 18.4. The number of hydrogen-bond acceptors (Lipinski definition) is 2. The first-order valence-corrected chi connectivity index (χ1v) is 9.26. The highest BCUT2D eigenvalue weighted by atomic mass is 35.5. The van der Waals surface area contributed by atoms with Gasteiger partial charge in [-0.05, 0) is 47.5 Å². The van der Waals surface area contributed by atoms with Gasteiger partial charge in [0.1, 0.15) is 5.75 Å². The lowest BCUT2D eigenvalue weighted by Gasteiger charge is -2.31. The predicted octanol–water partition coefficient (Wildman–Crippen LogP) is 6.77. The molecule has 3 aromatic carbocycles. The fourth-order valence-electron chi connectivity index (χ4n) is 3.52. The van der Waals surface area contributed by atoms with Crippen LogP contribution < -0.4 is 10.5 Å². The van der Waals surface area contributed by atoms with E-state index in [0.29, 0.717) is 5.56 Å². The molecule has 0 fully saturated rings. The maximum absolute atomic E-state index is 14.4. The van der Waals surface area contributed by atoms with Gasteiger partial charge in [-0.15, -0.1) is 0 Å². The molecule has 29 heavy (non-hydrogen) atoms. The van der Waals surface area contributed by atoms with Crippen molar-refractivity contribution in [3.8, 4) is 16.9 Å². The molecule has 2 nitrogen and oxygen atoms in total. The Morgan fingerprint density at radius 2 is 1.66 bits per heavy atom. The summed E-state index contributed by atoms with van der Waals surface area (Å²) < 4.78 is 62.4. The standard InChI is InChI=1S/C21H13Cl2F4NO/c22-14-7-13(8-15(23)9-14)20(21(25,26)27)10-12-6-11(4-5-18(12)29-20)16-2-1-3-17(28)19(16)24/h1-9H,10,28H2. The van der Waals surface area contributed by atoms with E-state index in [1.165, 1.54) is 48.5 Å². The molecule has 1 aliphatic rings. The van der Waals surface area contributed by atoms with E-state index in [4.69, 9.17) is 33.7 Å². The first-order chi connectivity index (χ1) is 13.6. The number of ether oxygens (including phenoxy) is 1. The maximum Gasteiger partial charge on any atom is 0.432 e. The number of anilines is 1. The Hall–Kier alpha value is -2.44. The Bertz CT molecular complexity index is 1100. The fraction of sp³-hybridized carbons (Fsp3) is 0.143. The molecule has 0 aromatic heterocycles. The van der Waals surface area contributed by atoms with E-state index in [-0.39, 0.29) is 38.2 Å². The van der Waals surface area contributed by atoms with Crippen LogP contribution in [-0.4, -0.2) is 6.18 Å². The first-order valence-electron chi connectivity index (χ1n) is 8.50. The maximum atomic E-state index is 14.4. The number of hydrogen-bond donors (Lipinski definition) is 1. The summed E-state index contributed by atoms with van der Waals surface area (Å²) in [6.45, 7) is 0. The van der Waals surface area contributed by atoms with Crippen LogP contribution in [0.2, 0.25) is 10.0 Å². The highest BCUT2D eigenvalue weighted by Crippen LogP contribution is 2.52. The quantitative estimate of drug-likeness (QED) is 0.351. The van der Waals surface area contributed by atoms with Crippen molar-refractivity contribution in [1.29, 1.82) is 0 Å². The molecule has 1 heterocycles. The molecule has 0 saturated heterocycles. The summed E-state index contributed by atoms with van der Waals surface area (Å²) in [5.74, 6) is -0.568. The second-order valence-corrected chi connectivity index (χ2v) is 7.67. The van der Waals surface area contributed by atoms with E-state index in [1.54, 1.807) is 6.07 Å². The smallest absolute Gasteiger partial charge is 0.432 e. The molecule has 3 aromatic rings. The summed E-state index contributed by atoms with van der Waals surface area (Å²) >= 11 is 11.9. The number of nitrogens with two attached hydrogens (primary N) is 1. The number of benzene rings is 3. The highest BCUT2D eigenvalue weighted by Gasteiger charge is 2.61. The summed E-state index contributed by atoms with van der Waals surface area (Å²) in [4.78, 5) is 0. The third-order valence-electron chi connectivity index (χ3n) is 4.91. The topological polar surface area (TPSA) is 35.2 Å². The minimum absolute atomic E-state index is 0.0440. The van der Waals surface area contributed by atoms with Crippen LogP contribution in [0.4, 0.5) is 23.2 Å². The van der Waals surface area contributed by atoms with E-state index >= 15 is 0 Å². The number of alkyl halides is 3. The summed E-state index contributed by atoms with van der Waals surface area (Å²) in [5.41, 5.74) is 3.61. The zero-order chi connectivity index (χ0) is 21.0. The van der Waals surface area contributed by atoms with Gasteiger partial charge in [0.25, 0.3) is 0 Å². The highest BCUT2D eigenvalue weighted by molar-refractivity contribution is 6.34. The summed E-state index contributed by atoms with van der Waals surface area (Å²) in [6.07, 6.45) is -5.25. The van der Waals surface area contributed by atoms with Crippen LogP contribution in [-0.2, 0) is 12.0 Å². The molecule has 0 spiro atoms. The Labute approximate surface area is 173 Å². The van der Waals surface area contributed by atoms with Gasteiger partial charge in [0.05, 0.1) is 5.69 Å². The van der Waals surface area contributed by atoms with Gasteiger partial charge in [0, 0.05) is 27.6 Å². The zero-order valence-electron chi connectivity index (χ0n) is 14.7. The SMILES string of the molecule is Nc1cccc(-c2ccc3c(c2)CC(c2cc(Cl)cc(Cl)c2)(C(F)(F)F)O3)c1F. The van der Waals surface area contributed by atoms with Crippen LogP contribution in [0.15, 0.2) is 54.6 Å². The van der Waals surface area contributed by atoms with E-state index in [0.717, 1.165) is 0 Å². The van der Waals surface area contributed by atoms with Gasteiger partial charge >= 0.3 is 6.18 Å². The van der Waals surface area contributed by atoms with Gasteiger partial charge in [-0.1, -0.05) is 41.4 Å². The van der Waals surface area contributed by atoms with Crippen molar-refractivity contribution < 1.29 is 22.3 Å². The summed E-state index contributed by atoms with van der Waals surface area (Å²) in [6, 6.07) is 12.6. The van der Waals surface area contributed by atoms with Gasteiger partial charge < -0.3 is 10.5 Å². The van der Waals surface area contributed by atoms with Gasteiger partial charge in [0.15, 0.2) is 5.82 Å². The van der Waals surface area contributed by atoms with Gasteiger partial charge in [-0.3, -0.25) is 0 Å². The molecule has 0 bridgehead atoms. The molecule has 0 radical (unpaired) electrons. The number of fused-ring (bicyclic) bond motifs is 1. The second-order valence-electron chi connectivity index (χ2n) is 6.79. The minimum Gasteiger partial charge on any atom is -0.472 e. The van der Waals surface area contributed by atoms with Gasteiger partial charge in [-0.2, -0.15) is 13.2 Å². The Morgan fingerprint density at radius 3 is 2.31 bits per heavy atom. The zero-order valence-corrected chi connectivity index (χ0v) is 16.2. The molecule has 0 aliphatic carbocycles. The molecule has 0 saturated carbocycles. The van der Waals surface area contributed by atoms with E-state index in [9.17, 15) is 17.6 Å². The van der Waals surface area contributed by atoms with Crippen LogP contribution in [0.1, 0.15) is 11.1 Å². The average molecular weight is 442 g/mol. The molecule has 2 N–H and O–H groups in total. The second kappa shape index (κ2) is 6.82. The minimum atomic E-state index is -4.75. The average Bonchev–Trinajstić information content (AvgIpc) is 3.03. The van der Waals surface area contributed by atoms with Crippen molar-refractivity contribution in [2.24, 2.45) is 0 Å². The molecular formula is C21H13Cl2F4NO. The van der Waals surface area contributed by atoms with Crippen molar-refractivity contribution in [3.63, 3.8) is 0 Å². The lowest BCUT2D eigenvalue weighted by molar-refractivity contribution is -0.248. The van der Waals surface area contributed by atoms with Gasteiger partial charge in [-0.25, -0.2) is 4.39 Å². The Morgan fingerprint density at radius 1 is 0.966 bits per heavy atom. The van der Waals surface area contributed by atoms with Crippen LogP contribution >= 0.6 is 23.2 Å². The first kappa shape index (κ1) is 19.9. The Kier molecular flexibility index (Phi) is 4.67. The lowest BCUT2D eigenvalue weighted by Crippen LogP contribution is -2.46. The largest absolute Gasteiger partial charge is 0.472 e. The Balaban J connectivity index is 1.82. The molecule has 1 atom stereocenters. The van der Waals surface area contributed by atoms with Crippen LogP contribution in [0.25, 0.3) is 11.1 Å². The third-order valence-corrected chi connectivity index (χ3v) is 5.35. The van der Waals surface area contributed by atoms with Crippen molar-refractivity contribution in [3.05, 3.63) is 81.6 Å². The van der Waals surface area contributed by atoms with Crippen LogP contribution in [0, 0.1) is 5.82 Å². The molecule has 4 rings (SSSR count). The van der Waals surface area contributed by atoms with Crippen molar-refractivity contribution >= 4 is 28.9 Å². The van der Waals surface area contributed by atoms with Crippen LogP contribution in [0.5, 0.6) is 5.75 Å². The fourth-order valence-corrected chi connectivity index (χ4v) is 4.05. The summed E-state index contributed by atoms with van der Waals surface area (Å²) in [7, 11) is 0. The number of rotatable bonds is 2. The predicted molar refractivity (Wildman–Crippen MR) is 105 cm³/mol. The molecule has 8 heteroatoms. The van der Waals surface area contributed by atoms with E-state index in [2.05, 4.69) is 0 Å². The number of halogens is 6. The van der Waals surface area contributed by atoms with Crippen LogP contribution in [0.3, 0.4) is 0 Å². The number of nitrogen functional groups attached to an aromatic ring is 1. The molecule has 1 aliphatic heterocycles. The van der Waals surface area contributed by atoms with Crippen molar-refractivity contribution in [2.45, 2.75) is 18.2 Å². The van der Waals surface area contributed by atoms with E-state index < -0.39 is 24.0 Å². The lowest BCUT2D eigenvalue weighted by atomic mass is 9.87. The van der Waals surface area contributed by atoms with Crippen molar-refractivity contribution in [1.82, 2.24) is 0 Å². The van der Waals surface area contributed by atoms with Gasteiger partial charge in [0.2, 0.25) is 5.60 Å². The molecule has 1 unspecified atom stereocenters. The monoisotopic (exact) mass is 441 g/mol. The molecule has 150 valence electrons. The summed E-state index contributed by atoms with van der Waals surface area (Å²) in [5, 5.41) is 0.136. The van der Waals surface area contributed by atoms with Crippen molar-refractivity contribution in [2.75, 3.05) is 5.73 Å². The third kappa shape index (κ3) is 3.30. The molecular weight excluding hydrogens is 429 g/mol.